The van der Waals surface area contributed by atoms with Gasteiger partial charge in [0.25, 0.3) is 5.91 Å². The summed E-state index contributed by atoms with van der Waals surface area (Å²) in [7, 11) is -3.46. The largest absolute Gasteiger partial charge is 0.351 e. The van der Waals surface area contributed by atoms with Gasteiger partial charge in [-0.15, -0.1) is 0 Å². The maximum atomic E-state index is 13.2. The van der Waals surface area contributed by atoms with Crippen LogP contribution >= 0.6 is 0 Å². The highest BCUT2D eigenvalue weighted by atomic mass is 32.2. The van der Waals surface area contributed by atoms with E-state index in [9.17, 15) is 17.6 Å². The van der Waals surface area contributed by atoms with Gasteiger partial charge < -0.3 is 5.32 Å². The van der Waals surface area contributed by atoms with Gasteiger partial charge in [0, 0.05) is 24.7 Å². The Hall–Kier alpha value is -2.25. The lowest BCUT2D eigenvalue weighted by Crippen LogP contribution is -2.39. The van der Waals surface area contributed by atoms with Gasteiger partial charge in [-0.25, -0.2) is 12.8 Å². The van der Waals surface area contributed by atoms with Crippen molar-refractivity contribution in [2.45, 2.75) is 13.0 Å². The number of sulfonamides is 1. The van der Waals surface area contributed by atoms with Gasteiger partial charge in [0.2, 0.25) is 10.0 Å². The minimum atomic E-state index is -3.46. The summed E-state index contributed by atoms with van der Waals surface area (Å²) in [6.45, 7) is 2.04. The van der Waals surface area contributed by atoms with E-state index in [2.05, 4.69) is 5.32 Å². The third-order valence-electron chi connectivity index (χ3n) is 3.84. The van der Waals surface area contributed by atoms with E-state index >= 15 is 0 Å². The zero-order valence-corrected chi connectivity index (χ0v) is 15.0. The Balaban J connectivity index is 2.03. The van der Waals surface area contributed by atoms with Gasteiger partial charge in [-0.3, -0.25) is 4.79 Å². The molecule has 2 rings (SSSR count). The molecule has 0 spiro atoms. The fourth-order valence-electron chi connectivity index (χ4n) is 2.56. The second kappa shape index (κ2) is 8.22. The summed E-state index contributed by atoms with van der Waals surface area (Å²) in [6, 6.07) is 14.2. The predicted molar refractivity (Wildman–Crippen MR) is 95.1 cm³/mol. The molecular weight excluding hydrogens is 343 g/mol. The molecule has 0 bridgehead atoms. The van der Waals surface area contributed by atoms with Crippen LogP contribution < -0.4 is 5.32 Å². The van der Waals surface area contributed by atoms with Crippen LogP contribution in [0.5, 0.6) is 0 Å². The first-order chi connectivity index (χ1) is 11.8. The van der Waals surface area contributed by atoms with E-state index in [1.165, 1.54) is 22.5 Å². The van der Waals surface area contributed by atoms with E-state index in [-0.39, 0.29) is 24.7 Å². The SMILES string of the molecule is CC(c1ccccc1)N(CCNC(=O)c1cccc(F)c1)S(C)(=O)=O. The summed E-state index contributed by atoms with van der Waals surface area (Å²) in [6.07, 6.45) is 1.14. The molecule has 0 radical (unpaired) electrons. The number of nitrogens with one attached hydrogen (secondary N) is 1. The zero-order chi connectivity index (χ0) is 18.4. The predicted octanol–water partition coefficient (Wildman–Crippen LogP) is 2.58. The third-order valence-corrected chi connectivity index (χ3v) is 5.20. The van der Waals surface area contributed by atoms with Crippen LogP contribution in [0.2, 0.25) is 0 Å². The van der Waals surface area contributed by atoms with Crippen molar-refractivity contribution in [2.75, 3.05) is 19.3 Å². The van der Waals surface area contributed by atoms with Crippen molar-refractivity contribution in [3.05, 3.63) is 71.5 Å². The van der Waals surface area contributed by atoms with Crippen LogP contribution in [-0.2, 0) is 10.0 Å². The number of nitrogens with zero attached hydrogens (tertiary/aromatic N) is 1. The molecular formula is C18H21FN2O3S. The maximum Gasteiger partial charge on any atom is 0.251 e. The Kier molecular flexibility index (Phi) is 6.27. The number of carbonyl (C=O) groups excluding carboxylic acids is 1. The molecule has 1 atom stereocenters. The lowest BCUT2D eigenvalue weighted by Gasteiger charge is -2.27. The average molecular weight is 364 g/mol. The molecule has 25 heavy (non-hydrogen) atoms. The third kappa shape index (κ3) is 5.37. The van der Waals surface area contributed by atoms with Crippen molar-refractivity contribution in [1.29, 1.82) is 0 Å². The Labute approximate surface area is 147 Å². The Morgan fingerprint density at radius 1 is 1.16 bits per heavy atom. The lowest BCUT2D eigenvalue weighted by molar-refractivity contribution is 0.0950. The number of halogens is 1. The first-order valence-electron chi connectivity index (χ1n) is 7.84. The monoisotopic (exact) mass is 364 g/mol. The number of benzene rings is 2. The summed E-state index contributed by atoms with van der Waals surface area (Å²) < 4.78 is 38.7. The van der Waals surface area contributed by atoms with Gasteiger partial charge in [-0.1, -0.05) is 36.4 Å². The van der Waals surface area contributed by atoms with E-state index in [0.29, 0.717) is 0 Å². The summed E-state index contributed by atoms with van der Waals surface area (Å²) in [5.41, 5.74) is 1.06. The van der Waals surface area contributed by atoms with Crippen molar-refractivity contribution in [2.24, 2.45) is 0 Å². The molecule has 0 aliphatic carbocycles. The fraction of sp³-hybridized carbons (Fsp3) is 0.278. The molecule has 0 saturated heterocycles. The normalized spacial score (nSPS) is 12.8. The highest BCUT2D eigenvalue weighted by Gasteiger charge is 2.24. The molecule has 5 nitrogen and oxygen atoms in total. The Bertz CT molecular complexity index is 825. The molecule has 0 aromatic heterocycles. The minimum absolute atomic E-state index is 0.121. The van der Waals surface area contributed by atoms with Gasteiger partial charge in [0.05, 0.1) is 6.26 Å². The highest BCUT2D eigenvalue weighted by molar-refractivity contribution is 7.88. The van der Waals surface area contributed by atoms with Gasteiger partial charge in [-0.2, -0.15) is 4.31 Å². The van der Waals surface area contributed by atoms with E-state index in [1.807, 2.05) is 30.3 Å². The van der Waals surface area contributed by atoms with E-state index in [1.54, 1.807) is 6.92 Å². The first kappa shape index (κ1) is 19.1. The van der Waals surface area contributed by atoms with Crippen LogP contribution in [-0.4, -0.2) is 38.0 Å². The number of amides is 1. The molecule has 0 fully saturated rings. The molecule has 1 N–H and O–H groups in total. The van der Waals surface area contributed by atoms with Crippen molar-refractivity contribution in [1.82, 2.24) is 9.62 Å². The molecule has 1 unspecified atom stereocenters. The van der Waals surface area contributed by atoms with Crippen LogP contribution in [0, 0.1) is 5.82 Å². The molecule has 0 heterocycles. The van der Waals surface area contributed by atoms with E-state index in [4.69, 9.17) is 0 Å². The summed E-state index contributed by atoms with van der Waals surface area (Å²) in [4.78, 5) is 12.0. The standard InChI is InChI=1S/C18H21FN2O3S/c1-14(15-7-4-3-5-8-15)21(25(2,23)24)12-11-20-18(22)16-9-6-10-17(19)13-16/h3-10,13-14H,11-12H2,1-2H3,(H,20,22). The maximum absolute atomic E-state index is 13.2. The second-order valence-corrected chi connectivity index (χ2v) is 7.66. The van der Waals surface area contributed by atoms with Gasteiger partial charge >= 0.3 is 0 Å². The lowest BCUT2D eigenvalue weighted by atomic mass is 10.1. The molecule has 0 aliphatic heterocycles. The van der Waals surface area contributed by atoms with Crippen LogP contribution in [0.3, 0.4) is 0 Å². The zero-order valence-electron chi connectivity index (χ0n) is 14.1. The van der Waals surface area contributed by atoms with E-state index in [0.717, 1.165) is 17.9 Å². The first-order valence-corrected chi connectivity index (χ1v) is 9.69. The van der Waals surface area contributed by atoms with Crippen molar-refractivity contribution in [3.8, 4) is 0 Å². The molecule has 0 saturated carbocycles. The summed E-state index contributed by atoms with van der Waals surface area (Å²) >= 11 is 0. The summed E-state index contributed by atoms with van der Waals surface area (Å²) in [5, 5.41) is 2.62. The fourth-order valence-corrected chi connectivity index (χ4v) is 3.67. The van der Waals surface area contributed by atoms with E-state index < -0.39 is 21.7 Å². The minimum Gasteiger partial charge on any atom is -0.351 e. The highest BCUT2D eigenvalue weighted by Crippen LogP contribution is 2.21. The molecule has 2 aromatic carbocycles. The molecule has 2 aromatic rings. The quantitative estimate of drug-likeness (QED) is 0.821. The van der Waals surface area contributed by atoms with Gasteiger partial charge in [0.1, 0.15) is 5.82 Å². The Morgan fingerprint density at radius 3 is 2.44 bits per heavy atom. The smallest absolute Gasteiger partial charge is 0.251 e. The Morgan fingerprint density at radius 2 is 1.84 bits per heavy atom. The van der Waals surface area contributed by atoms with Crippen LogP contribution in [0.25, 0.3) is 0 Å². The number of carbonyl (C=O) groups is 1. The number of rotatable bonds is 7. The molecule has 0 aliphatic rings. The van der Waals surface area contributed by atoms with Gasteiger partial charge in [0.15, 0.2) is 0 Å². The second-order valence-electron chi connectivity index (χ2n) is 5.73. The number of hydrogen-bond acceptors (Lipinski definition) is 3. The van der Waals surface area contributed by atoms with Crippen LogP contribution in [0.15, 0.2) is 54.6 Å². The van der Waals surface area contributed by atoms with Crippen LogP contribution in [0.4, 0.5) is 4.39 Å². The average Bonchev–Trinajstić information content (AvgIpc) is 2.57. The topological polar surface area (TPSA) is 66.5 Å². The van der Waals surface area contributed by atoms with Gasteiger partial charge in [-0.05, 0) is 30.7 Å². The van der Waals surface area contributed by atoms with Crippen LogP contribution in [0.1, 0.15) is 28.9 Å². The van der Waals surface area contributed by atoms with Crippen molar-refractivity contribution < 1.29 is 17.6 Å². The number of hydrogen-bond donors (Lipinski definition) is 1. The van der Waals surface area contributed by atoms with Crippen molar-refractivity contribution in [3.63, 3.8) is 0 Å². The van der Waals surface area contributed by atoms with Crippen molar-refractivity contribution >= 4 is 15.9 Å². The summed E-state index contributed by atoms with van der Waals surface area (Å²) in [5.74, 6) is -0.941. The molecule has 1 amide bonds. The molecule has 7 heteroatoms. The molecule has 134 valence electrons.